The van der Waals surface area contributed by atoms with Gasteiger partial charge >= 0.3 is 5.97 Å². The molecule has 0 aliphatic heterocycles. The number of aromatic nitrogens is 1. The molecule has 0 radical (unpaired) electrons. The van der Waals surface area contributed by atoms with Crippen LogP contribution in [0.4, 0.5) is 0 Å². The number of aromatic amines is 1. The molecule has 1 N–H and O–H groups in total. The number of aliphatic imine (C=N–C) groups is 1. The number of benzene rings is 1. The maximum absolute atomic E-state index is 12.0. The van der Waals surface area contributed by atoms with E-state index in [0.29, 0.717) is 0 Å². The van der Waals surface area contributed by atoms with Crippen LogP contribution < -0.4 is 0 Å². The summed E-state index contributed by atoms with van der Waals surface area (Å²) in [6.45, 7) is 3.80. The first-order chi connectivity index (χ1) is 10.1. The van der Waals surface area contributed by atoms with Crippen molar-refractivity contribution in [2.75, 3.05) is 6.61 Å². The Morgan fingerprint density at radius 3 is 2.95 bits per heavy atom. The number of ether oxygens (including phenoxy) is 1. The number of rotatable bonds is 5. The van der Waals surface area contributed by atoms with Gasteiger partial charge in [0, 0.05) is 27.5 Å². The summed E-state index contributed by atoms with van der Waals surface area (Å²) in [4.78, 5) is 29.3. The fraction of sp³-hybridized carbons (Fsp3) is 0.333. The SMILES string of the molecule is CCOC(=O)C(N=C=O)C(C)c1c[nH]c2ccc(Br)cc12. The number of hydrogen-bond acceptors (Lipinski definition) is 4. The van der Waals surface area contributed by atoms with Gasteiger partial charge < -0.3 is 9.72 Å². The Kier molecular flexibility index (Phi) is 4.94. The molecule has 0 spiro atoms. The molecule has 2 unspecified atom stereocenters. The molecule has 2 atom stereocenters. The minimum absolute atomic E-state index is 0.246. The summed E-state index contributed by atoms with van der Waals surface area (Å²) in [5, 5.41) is 0.979. The number of fused-ring (bicyclic) bond motifs is 1. The largest absolute Gasteiger partial charge is 0.464 e. The third-order valence-corrected chi connectivity index (χ3v) is 3.85. The van der Waals surface area contributed by atoms with Crippen molar-refractivity contribution in [3.63, 3.8) is 0 Å². The van der Waals surface area contributed by atoms with Crippen LogP contribution in [-0.2, 0) is 14.3 Å². The highest BCUT2D eigenvalue weighted by Gasteiger charge is 2.29. The van der Waals surface area contributed by atoms with E-state index in [4.69, 9.17) is 4.74 Å². The van der Waals surface area contributed by atoms with Crippen molar-refractivity contribution in [2.24, 2.45) is 4.99 Å². The molecule has 2 rings (SSSR count). The van der Waals surface area contributed by atoms with E-state index >= 15 is 0 Å². The molecular weight excluding hydrogens is 336 g/mol. The van der Waals surface area contributed by atoms with E-state index < -0.39 is 12.0 Å². The van der Waals surface area contributed by atoms with E-state index in [-0.39, 0.29) is 12.5 Å². The molecule has 0 aliphatic rings. The number of esters is 1. The Labute approximate surface area is 130 Å². The summed E-state index contributed by atoms with van der Waals surface area (Å²) >= 11 is 3.43. The standard InChI is InChI=1S/C15H15BrN2O3/c1-3-21-15(20)14(18-8-19)9(2)12-7-17-13-5-4-10(16)6-11(12)13/h4-7,9,14,17H,3H2,1-2H3. The van der Waals surface area contributed by atoms with Gasteiger partial charge in [-0.3, -0.25) is 0 Å². The summed E-state index contributed by atoms with van der Waals surface area (Å²) in [6, 6.07) is 4.95. The summed E-state index contributed by atoms with van der Waals surface area (Å²) < 4.78 is 5.92. The van der Waals surface area contributed by atoms with Crippen LogP contribution in [-0.4, -0.2) is 29.7 Å². The zero-order valence-electron chi connectivity index (χ0n) is 11.7. The molecule has 1 aromatic carbocycles. The summed E-state index contributed by atoms with van der Waals surface area (Å²) in [5.74, 6) is -0.814. The molecule has 2 aromatic rings. The topological polar surface area (TPSA) is 71.5 Å². The monoisotopic (exact) mass is 350 g/mol. The van der Waals surface area contributed by atoms with Crippen molar-refractivity contribution >= 4 is 38.9 Å². The fourth-order valence-corrected chi connectivity index (χ4v) is 2.68. The smallest absolute Gasteiger partial charge is 0.332 e. The van der Waals surface area contributed by atoms with Gasteiger partial charge in [0.15, 0.2) is 6.04 Å². The fourth-order valence-electron chi connectivity index (χ4n) is 2.31. The summed E-state index contributed by atoms with van der Waals surface area (Å²) in [7, 11) is 0. The maximum atomic E-state index is 12.0. The van der Waals surface area contributed by atoms with Gasteiger partial charge in [-0.1, -0.05) is 22.9 Å². The van der Waals surface area contributed by atoms with Crippen molar-refractivity contribution in [1.82, 2.24) is 4.98 Å². The predicted molar refractivity (Wildman–Crippen MR) is 83.0 cm³/mol. The number of hydrogen-bond donors (Lipinski definition) is 1. The molecule has 0 saturated carbocycles. The molecule has 0 amide bonds. The molecule has 1 heterocycles. The summed E-state index contributed by atoms with van der Waals surface area (Å²) in [6.07, 6.45) is 3.29. The van der Waals surface area contributed by atoms with Gasteiger partial charge in [-0.05, 0) is 30.7 Å². The van der Waals surface area contributed by atoms with Crippen LogP contribution in [0.2, 0.25) is 0 Å². The highest BCUT2D eigenvalue weighted by atomic mass is 79.9. The van der Waals surface area contributed by atoms with Gasteiger partial charge in [-0.15, -0.1) is 0 Å². The van der Waals surface area contributed by atoms with Crippen LogP contribution in [0.25, 0.3) is 10.9 Å². The van der Waals surface area contributed by atoms with Gasteiger partial charge in [0.1, 0.15) is 0 Å². The van der Waals surface area contributed by atoms with E-state index in [9.17, 15) is 9.59 Å². The highest BCUT2D eigenvalue weighted by molar-refractivity contribution is 9.10. The second kappa shape index (κ2) is 6.70. The minimum Gasteiger partial charge on any atom is -0.464 e. The van der Waals surface area contributed by atoms with Crippen molar-refractivity contribution < 1.29 is 14.3 Å². The average Bonchev–Trinajstić information content (AvgIpc) is 2.87. The number of carbonyl (C=O) groups excluding carboxylic acids is 2. The number of carbonyl (C=O) groups is 1. The molecule has 5 nitrogen and oxygen atoms in total. The molecule has 0 aliphatic carbocycles. The van der Waals surface area contributed by atoms with Crippen molar-refractivity contribution in [1.29, 1.82) is 0 Å². The molecule has 110 valence electrons. The van der Waals surface area contributed by atoms with Gasteiger partial charge in [-0.2, -0.15) is 4.99 Å². The maximum Gasteiger partial charge on any atom is 0.332 e. The molecule has 0 bridgehead atoms. The lowest BCUT2D eigenvalue weighted by atomic mass is 9.93. The van der Waals surface area contributed by atoms with E-state index in [1.807, 2.05) is 31.3 Å². The van der Waals surface area contributed by atoms with Crippen molar-refractivity contribution in [3.05, 3.63) is 34.4 Å². The van der Waals surface area contributed by atoms with Crippen LogP contribution in [0, 0.1) is 0 Å². The normalized spacial score (nSPS) is 13.5. The quantitative estimate of drug-likeness (QED) is 0.510. The van der Waals surface area contributed by atoms with Gasteiger partial charge in [0.2, 0.25) is 6.08 Å². The summed E-state index contributed by atoms with van der Waals surface area (Å²) in [5.41, 5.74) is 1.86. The third-order valence-electron chi connectivity index (χ3n) is 3.36. The lowest BCUT2D eigenvalue weighted by molar-refractivity contribution is -0.145. The van der Waals surface area contributed by atoms with Crippen LogP contribution in [0.5, 0.6) is 0 Å². The molecule has 0 fully saturated rings. The Morgan fingerprint density at radius 1 is 1.52 bits per heavy atom. The number of H-pyrrole nitrogens is 1. The molecule has 1 aromatic heterocycles. The molecular formula is C15H15BrN2O3. The van der Waals surface area contributed by atoms with Gasteiger partial charge in [0.05, 0.1) is 6.61 Å². The molecule has 21 heavy (non-hydrogen) atoms. The number of nitrogens with zero attached hydrogens (tertiary/aromatic N) is 1. The molecule has 0 saturated heterocycles. The van der Waals surface area contributed by atoms with E-state index in [0.717, 1.165) is 20.9 Å². The van der Waals surface area contributed by atoms with Crippen molar-refractivity contribution in [2.45, 2.75) is 25.8 Å². The Morgan fingerprint density at radius 2 is 2.29 bits per heavy atom. The Bertz CT molecular complexity index is 704. The number of isocyanates is 1. The van der Waals surface area contributed by atoms with Gasteiger partial charge in [0.25, 0.3) is 0 Å². The van der Waals surface area contributed by atoms with Crippen LogP contribution in [0.15, 0.2) is 33.9 Å². The average molecular weight is 351 g/mol. The highest BCUT2D eigenvalue weighted by Crippen LogP contribution is 2.31. The number of nitrogens with one attached hydrogen (secondary N) is 1. The lowest BCUT2D eigenvalue weighted by Crippen LogP contribution is -2.27. The first-order valence-corrected chi connectivity index (χ1v) is 7.38. The van der Waals surface area contributed by atoms with Crippen LogP contribution in [0.3, 0.4) is 0 Å². The zero-order valence-corrected chi connectivity index (χ0v) is 13.3. The Balaban J connectivity index is 2.43. The van der Waals surface area contributed by atoms with E-state index in [1.165, 1.54) is 6.08 Å². The Hall–Kier alpha value is -1.91. The molecule has 6 heteroatoms. The minimum atomic E-state index is -0.888. The second-order valence-electron chi connectivity index (χ2n) is 4.64. The van der Waals surface area contributed by atoms with Crippen LogP contribution in [0.1, 0.15) is 25.3 Å². The van der Waals surface area contributed by atoms with Gasteiger partial charge in [-0.25, -0.2) is 9.59 Å². The van der Waals surface area contributed by atoms with Crippen molar-refractivity contribution in [3.8, 4) is 0 Å². The van der Waals surface area contributed by atoms with E-state index in [2.05, 4.69) is 25.9 Å². The first-order valence-electron chi connectivity index (χ1n) is 6.58. The second-order valence-corrected chi connectivity index (χ2v) is 5.56. The first kappa shape index (κ1) is 15.5. The van der Waals surface area contributed by atoms with Crippen LogP contribution >= 0.6 is 15.9 Å². The zero-order chi connectivity index (χ0) is 15.4. The lowest BCUT2D eigenvalue weighted by Gasteiger charge is -2.17. The number of halogens is 1. The predicted octanol–water partition coefficient (Wildman–Crippen LogP) is 3.30. The van der Waals surface area contributed by atoms with E-state index in [1.54, 1.807) is 6.92 Å². The third kappa shape index (κ3) is 3.23.